The van der Waals surface area contributed by atoms with E-state index in [-0.39, 0.29) is 24.1 Å². The van der Waals surface area contributed by atoms with Crippen LogP contribution in [0.1, 0.15) is 16.1 Å². The van der Waals surface area contributed by atoms with E-state index < -0.39 is 0 Å². The molecular weight excluding hydrogens is 360 g/mol. The molecule has 0 aliphatic carbocycles. The van der Waals surface area contributed by atoms with Crippen molar-refractivity contribution >= 4 is 17.5 Å². The molecule has 1 aliphatic rings. The van der Waals surface area contributed by atoms with Crippen molar-refractivity contribution in [2.75, 3.05) is 52.3 Å². The molecular formula is C19H26N6O3. The lowest BCUT2D eigenvalue weighted by Crippen LogP contribution is -2.36. The second-order valence-corrected chi connectivity index (χ2v) is 7.02. The van der Waals surface area contributed by atoms with E-state index >= 15 is 0 Å². The Morgan fingerprint density at radius 1 is 1.11 bits per heavy atom. The van der Waals surface area contributed by atoms with Crippen LogP contribution >= 0.6 is 0 Å². The zero-order valence-electron chi connectivity index (χ0n) is 16.5. The first kappa shape index (κ1) is 19.8. The fraction of sp³-hybridized carbons (Fsp3) is 0.474. The van der Waals surface area contributed by atoms with Gasteiger partial charge >= 0.3 is 0 Å². The Morgan fingerprint density at radius 3 is 2.43 bits per heavy atom. The van der Waals surface area contributed by atoms with Gasteiger partial charge in [0.05, 0.1) is 19.4 Å². The van der Waals surface area contributed by atoms with Crippen LogP contribution in [-0.2, 0) is 22.6 Å². The molecule has 1 aromatic heterocycles. The van der Waals surface area contributed by atoms with Crippen molar-refractivity contribution in [2.45, 2.75) is 13.1 Å². The first-order valence-electron chi connectivity index (χ1n) is 9.21. The van der Waals surface area contributed by atoms with Gasteiger partial charge in [0, 0.05) is 46.5 Å². The van der Waals surface area contributed by atoms with Gasteiger partial charge in [0.25, 0.3) is 5.91 Å². The average Bonchev–Trinajstić information content (AvgIpc) is 3.17. The van der Waals surface area contributed by atoms with Crippen LogP contribution in [0, 0.1) is 0 Å². The first-order valence-corrected chi connectivity index (χ1v) is 9.21. The van der Waals surface area contributed by atoms with E-state index in [0.29, 0.717) is 6.54 Å². The molecule has 9 nitrogen and oxygen atoms in total. The molecule has 2 amide bonds. The molecule has 3 rings (SSSR count). The maximum absolute atomic E-state index is 12.6. The molecule has 1 aromatic carbocycles. The SMILES string of the molecule is CN(C)C(=O)Cn1cc(C(=O)N(C)Cc2ccc(N3CCOCC3)cc2)nn1. The smallest absolute Gasteiger partial charge is 0.276 e. The fourth-order valence-electron chi connectivity index (χ4n) is 2.93. The number of benzene rings is 1. The molecule has 28 heavy (non-hydrogen) atoms. The number of aromatic nitrogens is 3. The minimum Gasteiger partial charge on any atom is -0.378 e. The van der Waals surface area contributed by atoms with Gasteiger partial charge in [-0.1, -0.05) is 17.3 Å². The van der Waals surface area contributed by atoms with Crippen LogP contribution in [0.3, 0.4) is 0 Å². The van der Waals surface area contributed by atoms with Crippen molar-refractivity contribution in [1.29, 1.82) is 0 Å². The molecule has 0 atom stereocenters. The number of likely N-dealkylation sites (N-methyl/N-ethyl adjacent to an activating group) is 1. The van der Waals surface area contributed by atoms with Crippen LogP contribution in [0.2, 0.25) is 0 Å². The molecule has 1 saturated heterocycles. The molecule has 1 aliphatic heterocycles. The van der Waals surface area contributed by atoms with Crippen molar-refractivity contribution in [1.82, 2.24) is 24.8 Å². The highest BCUT2D eigenvalue weighted by Crippen LogP contribution is 2.17. The summed E-state index contributed by atoms with van der Waals surface area (Å²) in [7, 11) is 5.06. The number of nitrogens with zero attached hydrogens (tertiary/aromatic N) is 6. The van der Waals surface area contributed by atoms with Gasteiger partial charge in [0.2, 0.25) is 5.91 Å². The number of hydrogen-bond donors (Lipinski definition) is 0. The summed E-state index contributed by atoms with van der Waals surface area (Å²) < 4.78 is 6.76. The van der Waals surface area contributed by atoms with Gasteiger partial charge in [-0.2, -0.15) is 0 Å². The zero-order chi connectivity index (χ0) is 20.1. The molecule has 0 spiro atoms. The highest BCUT2D eigenvalue weighted by molar-refractivity contribution is 5.91. The molecule has 0 bridgehead atoms. The second-order valence-electron chi connectivity index (χ2n) is 7.02. The Morgan fingerprint density at radius 2 is 1.79 bits per heavy atom. The second kappa shape index (κ2) is 8.83. The fourth-order valence-corrected chi connectivity index (χ4v) is 2.93. The molecule has 0 N–H and O–H groups in total. The number of carbonyl (C=O) groups is 2. The molecule has 2 aromatic rings. The Labute approximate surface area is 164 Å². The van der Waals surface area contributed by atoms with Gasteiger partial charge in [-0.25, -0.2) is 4.68 Å². The van der Waals surface area contributed by atoms with Crippen molar-refractivity contribution in [3.8, 4) is 0 Å². The maximum atomic E-state index is 12.6. The van der Waals surface area contributed by atoms with Crippen molar-refractivity contribution < 1.29 is 14.3 Å². The highest BCUT2D eigenvalue weighted by atomic mass is 16.5. The summed E-state index contributed by atoms with van der Waals surface area (Å²) in [4.78, 5) is 29.7. The van der Waals surface area contributed by atoms with Gasteiger partial charge in [-0.15, -0.1) is 5.10 Å². The Balaban J connectivity index is 1.58. The predicted molar refractivity (Wildman–Crippen MR) is 104 cm³/mol. The summed E-state index contributed by atoms with van der Waals surface area (Å²) in [5.74, 6) is -0.349. The van der Waals surface area contributed by atoms with E-state index in [0.717, 1.165) is 37.6 Å². The molecule has 0 saturated carbocycles. The normalized spacial score (nSPS) is 14.0. The third kappa shape index (κ3) is 4.86. The number of amides is 2. The van der Waals surface area contributed by atoms with E-state index in [2.05, 4.69) is 27.3 Å². The van der Waals surface area contributed by atoms with Crippen LogP contribution in [0.25, 0.3) is 0 Å². The summed E-state index contributed by atoms with van der Waals surface area (Å²) in [5, 5.41) is 7.77. The van der Waals surface area contributed by atoms with Crippen LogP contribution in [0.5, 0.6) is 0 Å². The summed E-state index contributed by atoms with van der Waals surface area (Å²) in [6.45, 7) is 3.80. The van der Waals surface area contributed by atoms with E-state index in [1.807, 2.05) is 12.1 Å². The number of hydrogen-bond acceptors (Lipinski definition) is 6. The number of morpholine rings is 1. The van der Waals surface area contributed by atoms with Gasteiger partial charge < -0.3 is 19.4 Å². The predicted octanol–water partition coefficient (Wildman–Crippen LogP) is 0.475. The number of carbonyl (C=O) groups excluding carboxylic acids is 2. The number of anilines is 1. The van der Waals surface area contributed by atoms with E-state index in [1.165, 1.54) is 15.8 Å². The Kier molecular flexibility index (Phi) is 6.25. The summed E-state index contributed by atoms with van der Waals surface area (Å²) in [6, 6.07) is 8.20. The molecule has 0 radical (unpaired) electrons. The van der Waals surface area contributed by atoms with Gasteiger partial charge in [0.1, 0.15) is 6.54 Å². The summed E-state index contributed by atoms with van der Waals surface area (Å²) >= 11 is 0. The van der Waals surface area contributed by atoms with Crippen LogP contribution in [0.15, 0.2) is 30.5 Å². The van der Waals surface area contributed by atoms with Crippen molar-refractivity contribution in [3.05, 3.63) is 41.7 Å². The first-order chi connectivity index (χ1) is 13.4. The third-order valence-corrected chi connectivity index (χ3v) is 4.63. The largest absolute Gasteiger partial charge is 0.378 e. The molecule has 150 valence electrons. The minimum atomic E-state index is -0.235. The quantitative estimate of drug-likeness (QED) is 0.718. The topological polar surface area (TPSA) is 83.8 Å². The minimum absolute atomic E-state index is 0.0556. The lowest BCUT2D eigenvalue weighted by atomic mass is 10.1. The van der Waals surface area contributed by atoms with Crippen LogP contribution < -0.4 is 4.90 Å². The number of rotatable bonds is 6. The average molecular weight is 386 g/mol. The summed E-state index contributed by atoms with van der Waals surface area (Å²) in [5.41, 5.74) is 2.41. The van der Waals surface area contributed by atoms with Gasteiger partial charge in [-0.3, -0.25) is 9.59 Å². The van der Waals surface area contributed by atoms with Gasteiger partial charge in [0.15, 0.2) is 5.69 Å². The lowest BCUT2D eigenvalue weighted by molar-refractivity contribution is -0.129. The molecule has 2 heterocycles. The number of ether oxygens (including phenoxy) is 1. The third-order valence-electron chi connectivity index (χ3n) is 4.63. The highest BCUT2D eigenvalue weighted by Gasteiger charge is 2.18. The monoisotopic (exact) mass is 386 g/mol. The lowest BCUT2D eigenvalue weighted by Gasteiger charge is -2.29. The van der Waals surface area contributed by atoms with E-state index in [4.69, 9.17) is 4.74 Å². The van der Waals surface area contributed by atoms with Crippen molar-refractivity contribution in [3.63, 3.8) is 0 Å². The molecule has 9 heteroatoms. The maximum Gasteiger partial charge on any atom is 0.276 e. The zero-order valence-corrected chi connectivity index (χ0v) is 16.5. The van der Waals surface area contributed by atoms with Crippen molar-refractivity contribution in [2.24, 2.45) is 0 Å². The molecule has 0 unspecified atom stereocenters. The standard InChI is InChI=1S/C19H26N6O3/c1-22(2)18(26)14-25-13-17(20-21-25)19(27)23(3)12-15-4-6-16(7-5-15)24-8-10-28-11-9-24/h4-7,13H,8-12,14H2,1-3H3. The van der Waals surface area contributed by atoms with Crippen LogP contribution in [0.4, 0.5) is 5.69 Å². The Bertz CT molecular complexity index is 811. The van der Waals surface area contributed by atoms with Gasteiger partial charge in [-0.05, 0) is 17.7 Å². The van der Waals surface area contributed by atoms with Crippen LogP contribution in [-0.4, -0.2) is 84.1 Å². The van der Waals surface area contributed by atoms with E-state index in [1.54, 1.807) is 26.0 Å². The Hall–Kier alpha value is -2.94. The molecule has 1 fully saturated rings. The summed E-state index contributed by atoms with van der Waals surface area (Å²) in [6.07, 6.45) is 1.50. The van der Waals surface area contributed by atoms with E-state index in [9.17, 15) is 9.59 Å².